The third-order valence-electron chi connectivity index (χ3n) is 6.74. The molecule has 7 heteroatoms. The molecule has 0 radical (unpaired) electrons. The molecule has 1 amide bonds. The van der Waals surface area contributed by atoms with Crippen LogP contribution in [0.2, 0.25) is 0 Å². The zero-order valence-corrected chi connectivity index (χ0v) is 19.1. The van der Waals surface area contributed by atoms with Gasteiger partial charge in [-0.1, -0.05) is 25.1 Å². The summed E-state index contributed by atoms with van der Waals surface area (Å²) in [6.07, 6.45) is 4.66. The molecule has 6 rings (SSSR count). The minimum Gasteiger partial charge on any atom is -0.317 e. The van der Waals surface area contributed by atoms with E-state index in [1.165, 1.54) is 12.1 Å². The number of carbonyl (C=O) groups excluding carboxylic acids is 1. The van der Waals surface area contributed by atoms with Gasteiger partial charge in [-0.2, -0.15) is 0 Å². The highest BCUT2D eigenvalue weighted by atomic mass is 19.1. The summed E-state index contributed by atoms with van der Waals surface area (Å²) in [7, 11) is 1.84. The maximum atomic E-state index is 14.3. The standard InChI is InChI=1S/C27H24FN5O/c1-3-16-4-5-18-14-33(27(34)22(18)10-16)25-12-19(11-24(30-25)17-6-7-17)21-9-8-20(28)13-23(21)26-31-29-15-32(26)2/h4-5,8-13,15,17H,3,6-7,14H2,1-2H3. The summed E-state index contributed by atoms with van der Waals surface area (Å²) in [5.41, 5.74) is 6.27. The molecule has 1 aliphatic heterocycles. The number of rotatable bonds is 5. The summed E-state index contributed by atoms with van der Waals surface area (Å²) < 4.78 is 16.0. The molecule has 1 aliphatic carbocycles. The van der Waals surface area contributed by atoms with E-state index in [4.69, 9.17) is 4.98 Å². The van der Waals surface area contributed by atoms with Crippen LogP contribution in [0.25, 0.3) is 22.5 Å². The zero-order chi connectivity index (χ0) is 23.4. The number of pyridine rings is 1. The summed E-state index contributed by atoms with van der Waals surface area (Å²) in [5, 5.41) is 8.18. The van der Waals surface area contributed by atoms with Gasteiger partial charge in [-0.25, -0.2) is 9.37 Å². The molecule has 2 aliphatic rings. The van der Waals surface area contributed by atoms with Gasteiger partial charge in [-0.05, 0) is 71.8 Å². The predicted octanol–water partition coefficient (Wildman–Crippen LogP) is 5.28. The molecule has 3 heterocycles. The monoisotopic (exact) mass is 453 g/mol. The van der Waals surface area contributed by atoms with Gasteiger partial charge in [0.15, 0.2) is 5.82 Å². The molecule has 34 heavy (non-hydrogen) atoms. The average Bonchev–Trinajstić information content (AvgIpc) is 3.54. The van der Waals surface area contributed by atoms with Crippen molar-refractivity contribution in [2.75, 3.05) is 4.90 Å². The molecule has 0 atom stereocenters. The Morgan fingerprint density at radius 2 is 1.88 bits per heavy atom. The molecule has 0 unspecified atom stereocenters. The van der Waals surface area contributed by atoms with Gasteiger partial charge < -0.3 is 4.57 Å². The topological polar surface area (TPSA) is 63.9 Å². The fraction of sp³-hybridized carbons (Fsp3) is 0.259. The molecular weight excluding hydrogens is 429 g/mol. The van der Waals surface area contributed by atoms with Gasteiger partial charge in [0.05, 0.1) is 6.54 Å². The summed E-state index contributed by atoms with van der Waals surface area (Å²) in [6.45, 7) is 2.58. The number of aromatic nitrogens is 4. The number of halogens is 1. The first-order chi connectivity index (χ1) is 16.5. The molecule has 2 aromatic carbocycles. The van der Waals surface area contributed by atoms with Crippen LogP contribution in [0.1, 0.15) is 52.9 Å². The maximum Gasteiger partial charge on any atom is 0.260 e. The van der Waals surface area contributed by atoms with Gasteiger partial charge in [0.25, 0.3) is 5.91 Å². The van der Waals surface area contributed by atoms with Crippen molar-refractivity contribution >= 4 is 11.7 Å². The molecule has 170 valence electrons. The van der Waals surface area contributed by atoms with E-state index in [1.807, 2.05) is 25.2 Å². The number of amides is 1. The Hall–Kier alpha value is -3.87. The van der Waals surface area contributed by atoms with Crippen molar-refractivity contribution in [3.05, 3.63) is 83.1 Å². The number of hydrogen-bond acceptors (Lipinski definition) is 4. The van der Waals surface area contributed by atoms with Crippen LogP contribution in [-0.2, 0) is 20.0 Å². The Balaban J connectivity index is 1.48. The van der Waals surface area contributed by atoms with E-state index >= 15 is 0 Å². The van der Waals surface area contributed by atoms with E-state index in [9.17, 15) is 9.18 Å². The van der Waals surface area contributed by atoms with Gasteiger partial charge in [0.1, 0.15) is 18.0 Å². The van der Waals surface area contributed by atoms with Gasteiger partial charge >= 0.3 is 0 Å². The van der Waals surface area contributed by atoms with Crippen molar-refractivity contribution in [3.63, 3.8) is 0 Å². The van der Waals surface area contributed by atoms with E-state index in [2.05, 4.69) is 29.3 Å². The van der Waals surface area contributed by atoms with Crippen LogP contribution in [0.15, 0.2) is 54.9 Å². The second kappa shape index (κ2) is 7.87. The summed E-state index contributed by atoms with van der Waals surface area (Å²) in [4.78, 5) is 20.0. The van der Waals surface area contributed by atoms with Crippen LogP contribution >= 0.6 is 0 Å². The first-order valence-electron chi connectivity index (χ1n) is 11.6. The average molecular weight is 454 g/mol. The Bertz CT molecular complexity index is 1440. The minimum atomic E-state index is -0.338. The lowest BCUT2D eigenvalue weighted by molar-refractivity contribution is 0.0996. The van der Waals surface area contributed by atoms with E-state index < -0.39 is 0 Å². The number of hydrogen-bond donors (Lipinski definition) is 0. The summed E-state index contributed by atoms with van der Waals surface area (Å²) in [5.74, 6) is 1.24. The van der Waals surface area contributed by atoms with Crippen LogP contribution in [0.5, 0.6) is 0 Å². The normalized spacial score (nSPS) is 15.1. The third-order valence-corrected chi connectivity index (χ3v) is 6.74. The molecule has 4 aromatic rings. The van der Waals surface area contributed by atoms with Gasteiger partial charge in [-0.15, -0.1) is 10.2 Å². The van der Waals surface area contributed by atoms with Crippen molar-refractivity contribution in [1.29, 1.82) is 0 Å². The smallest absolute Gasteiger partial charge is 0.260 e. The van der Waals surface area contributed by atoms with Crippen molar-refractivity contribution < 1.29 is 9.18 Å². The summed E-state index contributed by atoms with van der Waals surface area (Å²) in [6, 6.07) is 14.8. The molecule has 0 bridgehead atoms. The Morgan fingerprint density at radius 3 is 2.62 bits per heavy atom. The molecular formula is C27H24FN5O. The van der Waals surface area contributed by atoms with Crippen molar-refractivity contribution in [1.82, 2.24) is 19.7 Å². The van der Waals surface area contributed by atoms with Crippen molar-refractivity contribution in [2.24, 2.45) is 7.05 Å². The zero-order valence-electron chi connectivity index (χ0n) is 19.1. The number of carbonyl (C=O) groups is 1. The molecule has 2 aromatic heterocycles. The molecule has 0 saturated heterocycles. The molecule has 6 nitrogen and oxygen atoms in total. The minimum absolute atomic E-state index is 0.0238. The van der Waals surface area contributed by atoms with E-state index in [1.54, 1.807) is 21.9 Å². The van der Waals surface area contributed by atoms with Crippen LogP contribution in [-0.4, -0.2) is 25.7 Å². The Morgan fingerprint density at radius 1 is 1.03 bits per heavy atom. The highest BCUT2D eigenvalue weighted by Gasteiger charge is 2.32. The van der Waals surface area contributed by atoms with Crippen LogP contribution in [0, 0.1) is 5.82 Å². The number of fused-ring (bicyclic) bond motifs is 1. The maximum absolute atomic E-state index is 14.3. The van der Waals surface area contributed by atoms with Gasteiger partial charge in [-0.3, -0.25) is 9.69 Å². The highest BCUT2D eigenvalue weighted by molar-refractivity contribution is 6.10. The van der Waals surface area contributed by atoms with Gasteiger partial charge in [0.2, 0.25) is 0 Å². The third kappa shape index (κ3) is 3.48. The van der Waals surface area contributed by atoms with Crippen LogP contribution in [0.3, 0.4) is 0 Å². The Labute approximate surface area is 197 Å². The number of nitrogens with zero attached hydrogens (tertiary/aromatic N) is 5. The van der Waals surface area contributed by atoms with E-state index in [-0.39, 0.29) is 11.7 Å². The van der Waals surface area contributed by atoms with E-state index in [0.717, 1.165) is 52.8 Å². The quantitative estimate of drug-likeness (QED) is 0.412. The lowest BCUT2D eigenvalue weighted by atomic mass is 9.98. The van der Waals surface area contributed by atoms with Crippen LogP contribution in [0.4, 0.5) is 10.2 Å². The van der Waals surface area contributed by atoms with Gasteiger partial charge in [0, 0.05) is 29.8 Å². The first-order valence-corrected chi connectivity index (χ1v) is 11.6. The first kappa shape index (κ1) is 20.7. The summed E-state index contributed by atoms with van der Waals surface area (Å²) >= 11 is 0. The highest BCUT2D eigenvalue weighted by Crippen LogP contribution is 2.43. The second-order valence-corrected chi connectivity index (χ2v) is 9.10. The number of anilines is 1. The van der Waals surface area contributed by atoms with Crippen LogP contribution < -0.4 is 4.90 Å². The Kier molecular flexibility index (Phi) is 4.79. The fourth-order valence-electron chi connectivity index (χ4n) is 4.65. The predicted molar refractivity (Wildman–Crippen MR) is 128 cm³/mol. The number of benzene rings is 2. The molecule has 0 N–H and O–H groups in total. The fourth-order valence-corrected chi connectivity index (χ4v) is 4.65. The lowest BCUT2D eigenvalue weighted by Crippen LogP contribution is -2.24. The number of aryl methyl sites for hydroxylation is 2. The SMILES string of the molecule is CCc1ccc2c(c1)C(=O)N(c1cc(-c3ccc(F)cc3-c3nncn3C)cc(C3CC3)n1)C2. The second-order valence-electron chi connectivity index (χ2n) is 9.10. The molecule has 1 saturated carbocycles. The molecule has 0 spiro atoms. The molecule has 1 fully saturated rings. The lowest BCUT2D eigenvalue weighted by Gasteiger charge is -2.18. The van der Waals surface area contributed by atoms with Crippen molar-refractivity contribution in [2.45, 2.75) is 38.6 Å². The van der Waals surface area contributed by atoms with E-state index in [0.29, 0.717) is 29.7 Å². The largest absolute Gasteiger partial charge is 0.317 e. The van der Waals surface area contributed by atoms with Crippen molar-refractivity contribution in [3.8, 4) is 22.5 Å².